The monoisotopic (exact) mass is 320 g/mol. The summed E-state index contributed by atoms with van der Waals surface area (Å²) < 4.78 is 4.61. The second-order valence-corrected chi connectivity index (χ2v) is 6.25. The molecule has 126 valence electrons. The van der Waals surface area contributed by atoms with Crippen molar-refractivity contribution in [1.29, 1.82) is 0 Å². The van der Waals surface area contributed by atoms with E-state index in [9.17, 15) is 14.4 Å². The molecule has 0 aliphatic carbocycles. The number of carbonyl (C=O) groups is 3. The largest absolute Gasteiger partial charge is 0.465 e. The molecule has 2 amide bonds. The molecule has 2 N–H and O–H groups in total. The molecule has 0 spiro atoms. The molecular weight excluding hydrogens is 296 g/mol. The second kappa shape index (κ2) is 7.76. The minimum absolute atomic E-state index is 0.309. The molecule has 0 radical (unpaired) electrons. The molecule has 0 aliphatic heterocycles. The maximum atomic E-state index is 12.3. The zero-order valence-corrected chi connectivity index (χ0v) is 14.2. The van der Waals surface area contributed by atoms with Crippen LogP contribution >= 0.6 is 0 Å². The van der Waals surface area contributed by atoms with Gasteiger partial charge in [-0.05, 0) is 44.0 Å². The van der Waals surface area contributed by atoms with Crippen LogP contribution in [0.2, 0.25) is 0 Å². The van der Waals surface area contributed by atoms with Crippen molar-refractivity contribution in [1.82, 2.24) is 5.32 Å². The summed E-state index contributed by atoms with van der Waals surface area (Å²) in [5.74, 6) is -0.876. The average Bonchev–Trinajstić information content (AvgIpc) is 2.52. The number of hydrogen-bond donors (Lipinski definition) is 2. The summed E-state index contributed by atoms with van der Waals surface area (Å²) in [6.07, 6.45) is 0. The lowest BCUT2D eigenvalue weighted by atomic mass is 9.90. The highest BCUT2D eigenvalue weighted by Gasteiger charge is 2.35. The molecule has 0 bridgehead atoms. The summed E-state index contributed by atoms with van der Waals surface area (Å²) in [5, 5.41) is 5.44. The lowest BCUT2D eigenvalue weighted by Crippen LogP contribution is -2.46. The molecular formula is C17H24N2O4. The number of anilines is 1. The van der Waals surface area contributed by atoms with Crippen molar-refractivity contribution in [3.05, 3.63) is 29.8 Å². The fourth-order valence-electron chi connectivity index (χ4n) is 1.72. The van der Waals surface area contributed by atoms with Gasteiger partial charge in [0.25, 0.3) is 0 Å². The van der Waals surface area contributed by atoms with E-state index in [0.29, 0.717) is 23.7 Å². The molecule has 1 aromatic rings. The Hall–Kier alpha value is -2.37. The molecule has 23 heavy (non-hydrogen) atoms. The minimum Gasteiger partial charge on any atom is -0.465 e. The third-order valence-corrected chi connectivity index (χ3v) is 3.37. The highest BCUT2D eigenvalue weighted by molar-refractivity contribution is 6.09. The van der Waals surface area contributed by atoms with Crippen molar-refractivity contribution in [2.75, 3.05) is 19.0 Å². The van der Waals surface area contributed by atoms with Crippen LogP contribution in [0.5, 0.6) is 0 Å². The average molecular weight is 320 g/mol. The smallest absolute Gasteiger partial charge is 0.337 e. The predicted octanol–water partition coefficient (Wildman–Crippen LogP) is 2.21. The van der Waals surface area contributed by atoms with E-state index in [2.05, 4.69) is 15.4 Å². The standard InChI is InChI=1S/C17H24N2O4/c1-11(2)10-18-15(21)17(3,4)16(22)19-13-8-6-12(7-9-13)14(20)23-5/h6-9,11H,10H2,1-5H3,(H,18,21)(H,19,22). The number of esters is 1. The van der Waals surface area contributed by atoms with Crippen LogP contribution in [0.1, 0.15) is 38.1 Å². The van der Waals surface area contributed by atoms with Gasteiger partial charge in [-0.15, -0.1) is 0 Å². The summed E-state index contributed by atoms with van der Waals surface area (Å²) in [7, 11) is 1.30. The van der Waals surface area contributed by atoms with Crippen molar-refractivity contribution >= 4 is 23.5 Å². The molecule has 1 aromatic carbocycles. The van der Waals surface area contributed by atoms with Crippen LogP contribution in [0, 0.1) is 11.3 Å². The normalized spacial score (nSPS) is 11.0. The van der Waals surface area contributed by atoms with Crippen molar-refractivity contribution in [3.8, 4) is 0 Å². The molecule has 6 nitrogen and oxygen atoms in total. The lowest BCUT2D eigenvalue weighted by molar-refractivity contribution is -0.138. The van der Waals surface area contributed by atoms with Gasteiger partial charge < -0.3 is 15.4 Å². The van der Waals surface area contributed by atoms with Crippen molar-refractivity contribution in [2.24, 2.45) is 11.3 Å². The Bertz CT molecular complexity index is 577. The molecule has 0 unspecified atom stereocenters. The Labute approximate surface area is 136 Å². The van der Waals surface area contributed by atoms with Crippen LogP contribution in [0.3, 0.4) is 0 Å². The Morgan fingerprint density at radius 2 is 1.65 bits per heavy atom. The quantitative estimate of drug-likeness (QED) is 0.622. The summed E-state index contributed by atoms with van der Waals surface area (Å²) in [6, 6.07) is 6.28. The molecule has 0 fully saturated rings. The van der Waals surface area contributed by atoms with Gasteiger partial charge in [-0.1, -0.05) is 13.8 Å². The summed E-state index contributed by atoms with van der Waals surface area (Å²) in [6.45, 7) is 7.62. The topological polar surface area (TPSA) is 84.5 Å². The van der Waals surface area contributed by atoms with E-state index in [1.807, 2.05) is 13.8 Å². The second-order valence-electron chi connectivity index (χ2n) is 6.25. The zero-order valence-electron chi connectivity index (χ0n) is 14.2. The van der Waals surface area contributed by atoms with Gasteiger partial charge in [0.2, 0.25) is 11.8 Å². The third kappa shape index (κ3) is 5.09. The van der Waals surface area contributed by atoms with Crippen LogP contribution < -0.4 is 10.6 Å². The number of nitrogens with one attached hydrogen (secondary N) is 2. The van der Waals surface area contributed by atoms with E-state index in [-0.39, 0.29) is 5.91 Å². The zero-order chi connectivity index (χ0) is 17.6. The molecule has 0 atom stereocenters. The van der Waals surface area contributed by atoms with Gasteiger partial charge >= 0.3 is 5.97 Å². The number of methoxy groups -OCH3 is 1. The maximum Gasteiger partial charge on any atom is 0.337 e. The summed E-state index contributed by atoms with van der Waals surface area (Å²) in [5.41, 5.74) is -0.303. The van der Waals surface area contributed by atoms with Crippen molar-refractivity contribution in [2.45, 2.75) is 27.7 Å². The van der Waals surface area contributed by atoms with Crippen LogP contribution in [-0.2, 0) is 14.3 Å². The Morgan fingerprint density at radius 1 is 1.09 bits per heavy atom. The van der Waals surface area contributed by atoms with Crippen molar-refractivity contribution in [3.63, 3.8) is 0 Å². The van der Waals surface area contributed by atoms with Gasteiger partial charge in [-0.2, -0.15) is 0 Å². The Morgan fingerprint density at radius 3 is 2.13 bits per heavy atom. The number of benzene rings is 1. The van der Waals surface area contributed by atoms with Crippen LogP contribution in [0.4, 0.5) is 5.69 Å². The molecule has 0 heterocycles. The summed E-state index contributed by atoms with van der Waals surface area (Å²) in [4.78, 5) is 35.8. The van der Waals surface area contributed by atoms with E-state index < -0.39 is 17.3 Å². The van der Waals surface area contributed by atoms with Gasteiger partial charge in [-0.3, -0.25) is 9.59 Å². The molecule has 0 saturated carbocycles. The van der Waals surface area contributed by atoms with Crippen molar-refractivity contribution < 1.29 is 19.1 Å². The SMILES string of the molecule is COC(=O)c1ccc(NC(=O)C(C)(C)C(=O)NCC(C)C)cc1. The van der Waals surface area contributed by atoms with E-state index in [4.69, 9.17) is 0 Å². The van der Waals surface area contributed by atoms with Gasteiger partial charge in [0.15, 0.2) is 0 Å². The lowest BCUT2D eigenvalue weighted by Gasteiger charge is -2.23. The van der Waals surface area contributed by atoms with Gasteiger partial charge in [0.1, 0.15) is 5.41 Å². The first kappa shape index (κ1) is 18.7. The van der Waals surface area contributed by atoms with Gasteiger partial charge in [0, 0.05) is 12.2 Å². The Balaban J connectivity index is 2.73. The van der Waals surface area contributed by atoms with E-state index >= 15 is 0 Å². The van der Waals surface area contributed by atoms with E-state index in [1.165, 1.54) is 7.11 Å². The predicted molar refractivity (Wildman–Crippen MR) is 88.0 cm³/mol. The van der Waals surface area contributed by atoms with Gasteiger partial charge in [-0.25, -0.2) is 4.79 Å². The van der Waals surface area contributed by atoms with E-state index in [0.717, 1.165) is 0 Å². The highest BCUT2D eigenvalue weighted by atomic mass is 16.5. The first-order chi connectivity index (χ1) is 10.7. The van der Waals surface area contributed by atoms with Crippen LogP contribution in [-0.4, -0.2) is 31.4 Å². The number of ether oxygens (including phenoxy) is 1. The highest BCUT2D eigenvalue weighted by Crippen LogP contribution is 2.19. The first-order valence-electron chi connectivity index (χ1n) is 7.46. The number of carbonyl (C=O) groups excluding carboxylic acids is 3. The first-order valence-corrected chi connectivity index (χ1v) is 7.46. The molecule has 6 heteroatoms. The maximum absolute atomic E-state index is 12.3. The molecule has 0 saturated heterocycles. The Kier molecular flexibility index (Phi) is 6.30. The number of hydrogen-bond acceptors (Lipinski definition) is 4. The fourth-order valence-corrected chi connectivity index (χ4v) is 1.72. The van der Waals surface area contributed by atoms with Crippen LogP contribution in [0.15, 0.2) is 24.3 Å². The fraction of sp³-hybridized carbons (Fsp3) is 0.471. The summed E-state index contributed by atoms with van der Waals surface area (Å²) >= 11 is 0. The van der Waals surface area contributed by atoms with Gasteiger partial charge in [0.05, 0.1) is 12.7 Å². The number of amides is 2. The molecule has 0 aliphatic rings. The molecule has 0 aromatic heterocycles. The van der Waals surface area contributed by atoms with Crippen LogP contribution in [0.25, 0.3) is 0 Å². The minimum atomic E-state index is -1.20. The van der Waals surface area contributed by atoms with E-state index in [1.54, 1.807) is 38.1 Å². The third-order valence-electron chi connectivity index (χ3n) is 3.37. The number of rotatable bonds is 6. The molecule has 1 rings (SSSR count).